The van der Waals surface area contributed by atoms with E-state index in [9.17, 15) is 4.79 Å². The fraction of sp³-hybridized carbons (Fsp3) is 0.273. The van der Waals surface area contributed by atoms with E-state index in [2.05, 4.69) is 30.1 Å². The van der Waals surface area contributed by atoms with Gasteiger partial charge in [0.25, 0.3) is 0 Å². The number of aryl methyl sites for hydroxylation is 2. The SMILES string of the molecule is Cc1cc(C)c2nc3c(cc2c1)CN(CCc1ccc2c(c1)OCO2)C(=O)O3. The summed E-state index contributed by atoms with van der Waals surface area (Å²) in [4.78, 5) is 18.8. The van der Waals surface area contributed by atoms with Crippen molar-refractivity contribution in [3.8, 4) is 17.4 Å². The number of ether oxygens (including phenoxy) is 3. The Kier molecular flexibility index (Phi) is 3.86. The van der Waals surface area contributed by atoms with Crippen LogP contribution in [-0.4, -0.2) is 29.3 Å². The van der Waals surface area contributed by atoms with Gasteiger partial charge >= 0.3 is 6.09 Å². The molecule has 5 rings (SSSR count). The van der Waals surface area contributed by atoms with E-state index in [1.54, 1.807) is 4.90 Å². The van der Waals surface area contributed by atoms with Crippen molar-refractivity contribution in [2.75, 3.05) is 13.3 Å². The third kappa shape index (κ3) is 2.91. The number of aromatic nitrogens is 1. The molecule has 0 radical (unpaired) electrons. The minimum atomic E-state index is -0.357. The van der Waals surface area contributed by atoms with Crippen LogP contribution in [0.5, 0.6) is 17.4 Å². The molecule has 2 aliphatic heterocycles. The quantitative estimate of drug-likeness (QED) is 0.688. The first-order chi connectivity index (χ1) is 13.6. The molecule has 0 fully saturated rings. The van der Waals surface area contributed by atoms with E-state index in [-0.39, 0.29) is 12.9 Å². The van der Waals surface area contributed by atoms with Crippen LogP contribution < -0.4 is 14.2 Å². The van der Waals surface area contributed by atoms with Gasteiger partial charge in [-0.05, 0) is 55.7 Å². The third-order valence-electron chi connectivity index (χ3n) is 5.20. The fourth-order valence-corrected chi connectivity index (χ4v) is 3.83. The van der Waals surface area contributed by atoms with Gasteiger partial charge in [-0.25, -0.2) is 9.78 Å². The van der Waals surface area contributed by atoms with Crippen molar-refractivity contribution in [3.05, 3.63) is 58.7 Å². The fourth-order valence-electron chi connectivity index (χ4n) is 3.83. The number of carbonyl (C=O) groups excluding carboxylic acids is 1. The Labute approximate surface area is 162 Å². The molecule has 28 heavy (non-hydrogen) atoms. The van der Waals surface area contributed by atoms with Crippen LogP contribution in [0.15, 0.2) is 36.4 Å². The smallest absolute Gasteiger partial charge is 0.416 e. The van der Waals surface area contributed by atoms with Crippen molar-refractivity contribution >= 4 is 17.0 Å². The van der Waals surface area contributed by atoms with Gasteiger partial charge in [0, 0.05) is 17.5 Å². The molecule has 0 saturated carbocycles. The molecular formula is C22H20N2O4. The number of nitrogens with zero attached hydrogens (tertiary/aromatic N) is 2. The standard InChI is InChI=1S/C22H20N2O4/c1-13-7-14(2)20-16(8-13)10-17-11-24(22(25)28-21(17)23-20)6-5-15-3-4-18-19(9-15)27-12-26-18/h3-4,7-10H,5-6,11-12H2,1-2H3. The van der Waals surface area contributed by atoms with Gasteiger partial charge in [0.15, 0.2) is 11.5 Å². The molecule has 0 unspecified atom stereocenters. The van der Waals surface area contributed by atoms with Gasteiger partial charge in [-0.2, -0.15) is 0 Å². The minimum absolute atomic E-state index is 0.258. The second kappa shape index (κ2) is 6.41. The molecule has 0 bridgehead atoms. The van der Waals surface area contributed by atoms with E-state index < -0.39 is 0 Å². The van der Waals surface area contributed by atoms with Crippen LogP contribution in [-0.2, 0) is 13.0 Å². The number of hydrogen-bond donors (Lipinski definition) is 0. The summed E-state index contributed by atoms with van der Waals surface area (Å²) in [5, 5.41) is 1.07. The molecule has 0 N–H and O–H groups in total. The van der Waals surface area contributed by atoms with Crippen molar-refractivity contribution < 1.29 is 19.0 Å². The average Bonchev–Trinajstić information content (AvgIpc) is 3.13. The van der Waals surface area contributed by atoms with Crippen LogP contribution in [0.4, 0.5) is 4.79 Å². The Balaban J connectivity index is 1.37. The Hall–Kier alpha value is -3.28. The Morgan fingerprint density at radius 1 is 1.07 bits per heavy atom. The molecule has 3 aromatic rings. The largest absolute Gasteiger partial charge is 0.454 e. The van der Waals surface area contributed by atoms with Gasteiger partial charge in [-0.1, -0.05) is 17.7 Å². The maximum absolute atomic E-state index is 12.5. The summed E-state index contributed by atoms with van der Waals surface area (Å²) in [5.74, 6) is 1.94. The van der Waals surface area contributed by atoms with Crippen molar-refractivity contribution in [2.45, 2.75) is 26.8 Å². The summed E-state index contributed by atoms with van der Waals surface area (Å²) in [6.45, 7) is 5.41. The molecule has 6 nitrogen and oxygen atoms in total. The van der Waals surface area contributed by atoms with Crippen LogP contribution >= 0.6 is 0 Å². The first kappa shape index (κ1) is 16.9. The Morgan fingerprint density at radius 3 is 2.82 bits per heavy atom. The van der Waals surface area contributed by atoms with Crippen LogP contribution in [0.3, 0.4) is 0 Å². The Bertz CT molecular complexity index is 1110. The summed E-state index contributed by atoms with van der Waals surface area (Å²) in [7, 11) is 0. The molecule has 2 aliphatic rings. The van der Waals surface area contributed by atoms with Crippen molar-refractivity contribution in [3.63, 3.8) is 0 Å². The van der Waals surface area contributed by atoms with Crippen LogP contribution in [0.2, 0.25) is 0 Å². The number of pyridine rings is 1. The second-order valence-corrected chi connectivity index (χ2v) is 7.33. The summed E-state index contributed by atoms with van der Waals surface area (Å²) in [5.41, 5.74) is 5.18. The highest BCUT2D eigenvalue weighted by Crippen LogP contribution is 2.33. The second-order valence-electron chi connectivity index (χ2n) is 7.33. The molecule has 0 saturated heterocycles. The molecule has 1 amide bonds. The van der Waals surface area contributed by atoms with E-state index in [4.69, 9.17) is 14.2 Å². The predicted octanol–water partition coefficient (Wildman–Crippen LogP) is 4.14. The highest BCUT2D eigenvalue weighted by molar-refractivity contribution is 5.85. The number of fused-ring (bicyclic) bond motifs is 3. The van der Waals surface area contributed by atoms with E-state index in [0.717, 1.165) is 39.1 Å². The van der Waals surface area contributed by atoms with Gasteiger partial charge in [0.05, 0.1) is 12.1 Å². The lowest BCUT2D eigenvalue weighted by Gasteiger charge is -2.27. The van der Waals surface area contributed by atoms with Crippen molar-refractivity contribution in [1.29, 1.82) is 0 Å². The number of rotatable bonds is 3. The first-order valence-corrected chi connectivity index (χ1v) is 9.33. The Morgan fingerprint density at radius 2 is 1.93 bits per heavy atom. The molecule has 0 spiro atoms. The summed E-state index contributed by atoms with van der Waals surface area (Å²) in [6.07, 6.45) is 0.352. The molecule has 142 valence electrons. The summed E-state index contributed by atoms with van der Waals surface area (Å²) >= 11 is 0. The molecule has 0 atom stereocenters. The van der Waals surface area contributed by atoms with Gasteiger partial charge < -0.3 is 19.1 Å². The lowest BCUT2D eigenvalue weighted by Crippen LogP contribution is -2.38. The monoisotopic (exact) mass is 376 g/mol. The average molecular weight is 376 g/mol. The zero-order valence-corrected chi connectivity index (χ0v) is 15.8. The topological polar surface area (TPSA) is 60.9 Å². The van der Waals surface area contributed by atoms with Gasteiger partial charge in [0.2, 0.25) is 12.7 Å². The van der Waals surface area contributed by atoms with Gasteiger partial charge in [-0.15, -0.1) is 0 Å². The number of amides is 1. The molecule has 6 heteroatoms. The maximum atomic E-state index is 12.5. The van der Waals surface area contributed by atoms with E-state index >= 15 is 0 Å². The molecule has 3 heterocycles. The van der Waals surface area contributed by atoms with Crippen LogP contribution in [0.1, 0.15) is 22.3 Å². The minimum Gasteiger partial charge on any atom is -0.454 e. The van der Waals surface area contributed by atoms with Crippen molar-refractivity contribution in [2.24, 2.45) is 0 Å². The predicted molar refractivity (Wildman–Crippen MR) is 104 cm³/mol. The first-order valence-electron chi connectivity index (χ1n) is 9.33. The third-order valence-corrected chi connectivity index (χ3v) is 5.20. The van der Waals surface area contributed by atoms with Crippen molar-refractivity contribution in [1.82, 2.24) is 9.88 Å². The zero-order valence-electron chi connectivity index (χ0n) is 15.8. The maximum Gasteiger partial charge on any atom is 0.416 e. The van der Waals surface area contributed by atoms with Crippen LogP contribution in [0, 0.1) is 13.8 Å². The zero-order chi connectivity index (χ0) is 19.3. The molecule has 1 aromatic heterocycles. The molecule has 0 aliphatic carbocycles. The summed E-state index contributed by atoms with van der Waals surface area (Å²) < 4.78 is 16.3. The van der Waals surface area contributed by atoms with E-state index in [0.29, 0.717) is 25.4 Å². The molecular weight excluding hydrogens is 356 g/mol. The number of benzene rings is 2. The normalized spacial score (nSPS) is 14.9. The highest BCUT2D eigenvalue weighted by Gasteiger charge is 2.26. The van der Waals surface area contributed by atoms with E-state index in [1.807, 2.05) is 25.1 Å². The lowest BCUT2D eigenvalue weighted by molar-refractivity contribution is 0.137. The van der Waals surface area contributed by atoms with Gasteiger partial charge in [-0.3, -0.25) is 0 Å². The van der Waals surface area contributed by atoms with E-state index in [1.165, 1.54) is 5.56 Å². The summed E-state index contributed by atoms with van der Waals surface area (Å²) in [6, 6.07) is 12.1. The lowest BCUT2D eigenvalue weighted by atomic mass is 10.0. The number of hydrogen-bond acceptors (Lipinski definition) is 5. The number of carbonyl (C=O) groups is 1. The molecule has 2 aromatic carbocycles. The highest BCUT2D eigenvalue weighted by atomic mass is 16.7. The van der Waals surface area contributed by atoms with Crippen LogP contribution in [0.25, 0.3) is 10.9 Å². The van der Waals surface area contributed by atoms with Gasteiger partial charge in [0.1, 0.15) is 0 Å².